The van der Waals surface area contributed by atoms with Gasteiger partial charge in [-0.3, -0.25) is 0 Å². The van der Waals surface area contributed by atoms with E-state index in [1.165, 1.54) is 11.1 Å². The van der Waals surface area contributed by atoms with Crippen molar-refractivity contribution in [2.75, 3.05) is 5.33 Å². The molecule has 0 nitrogen and oxygen atoms in total. The Bertz CT molecular complexity index is 628. The van der Waals surface area contributed by atoms with Crippen molar-refractivity contribution in [3.05, 3.63) is 69.7 Å². The number of benzene rings is 2. The summed E-state index contributed by atoms with van der Waals surface area (Å²) >= 11 is 12.8. The second-order valence-electron chi connectivity index (χ2n) is 7.57. The highest BCUT2D eigenvalue weighted by molar-refractivity contribution is 9.10. The number of rotatable bonds is 3. The third kappa shape index (κ3) is 6.54. The molecule has 0 saturated heterocycles. The lowest BCUT2D eigenvalue weighted by Crippen LogP contribution is -2.18. The molecule has 0 saturated carbocycles. The average molecular weight is 475 g/mol. The van der Waals surface area contributed by atoms with E-state index in [9.17, 15) is 0 Å². The van der Waals surface area contributed by atoms with Gasteiger partial charge in [0.1, 0.15) is 0 Å². The molecule has 0 spiro atoms. The van der Waals surface area contributed by atoms with Crippen LogP contribution in [0.2, 0.25) is 0 Å². The largest absolute Gasteiger partial charge is 0.122 e. The molecule has 0 unspecified atom stereocenters. The molecule has 0 fully saturated rings. The highest BCUT2D eigenvalue weighted by Crippen LogP contribution is 2.28. The maximum Gasteiger partial charge on any atom is 0.0485 e. The van der Waals surface area contributed by atoms with Gasteiger partial charge in [-0.25, -0.2) is 0 Å². The molecule has 2 aromatic rings. The van der Waals surface area contributed by atoms with Crippen LogP contribution in [0, 0.1) is 0 Å². The highest BCUT2D eigenvalue weighted by atomic mass is 79.9. The minimum absolute atomic E-state index is 0.202. The monoisotopic (exact) mass is 472 g/mol. The van der Waals surface area contributed by atoms with E-state index in [0.717, 1.165) is 15.4 Å². The van der Waals surface area contributed by atoms with Gasteiger partial charge in [0.2, 0.25) is 0 Å². The van der Waals surface area contributed by atoms with E-state index >= 15 is 0 Å². The van der Waals surface area contributed by atoms with Crippen molar-refractivity contribution in [2.24, 2.45) is 0 Å². The molecule has 0 bridgehead atoms. The van der Waals surface area contributed by atoms with Crippen molar-refractivity contribution in [3.63, 3.8) is 0 Å². The Morgan fingerprint density at radius 3 is 1.88 bits per heavy atom. The summed E-state index contributed by atoms with van der Waals surface area (Å²) in [6, 6.07) is 16.9. The standard InChI is InChI=1S/C11H14BrCl.C10H13Br/c1-11(2,3)9-5-4-8(7-13)10(12)6-9;1-10(2,8-11)9-6-4-3-5-7-9/h4-6H,7H2,1-3H3;3-7H,8H2,1-2H3. The van der Waals surface area contributed by atoms with Crippen LogP contribution in [0.25, 0.3) is 0 Å². The van der Waals surface area contributed by atoms with Crippen LogP contribution < -0.4 is 0 Å². The maximum atomic E-state index is 5.77. The molecule has 0 radical (unpaired) electrons. The quantitative estimate of drug-likeness (QED) is 0.397. The van der Waals surface area contributed by atoms with Crippen molar-refractivity contribution in [2.45, 2.75) is 51.3 Å². The second-order valence-corrected chi connectivity index (χ2v) is 9.26. The molecule has 2 rings (SSSR count). The first kappa shape index (κ1) is 21.7. The molecule has 24 heavy (non-hydrogen) atoms. The second kappa shape index (κ2) is 9.40. The predicted molar refractivity (Wildman–Crippen MR) is 116 cm³/mol. The van der Waals surface area contributed by atoms with E-state index in [1.54, 1.807) is 0 Å². The highest BCUT2D eigenvalue weighted by Gasteiger charge is 2.17. The third-order valence-corrected chi connectivity index (χ3v) is 6.38. The van der Waals surface area contributed by atoms with Crippen molar-refractivity contribution in [3.8, 4) is 0 Å². The summed E-state index contributed by atoms with van der Waals surface area (Å²) in [6.07, 6.45) is 0. The van der Waals surface area contributed by atoms with E-state index in [0.29, 0.717) is 5.88 Å². The Kier molecular flexibility index (Phi) is 8.52. The molecule has 0 aliphatic rings. The third-order valence-electron chi connectivity index (χ3n) is 3.95. The fraction of sp³-hybridized carbons (Fsp3) is 0.429. The zero-order valence-electron chi connectivity index (χ0n) is 15.2. The summed E-state index contributed by atoms with van der Waals surface area (Å²) in [7, 11) is 0. The normalized spacial score (nSPS) is 11.7. The Hall–Kier alpha value is -0.310. The van der Waals surface area contributed by atoms with Gasteiger partial charge in [-0.1, -0.05) is 109 Å². The Morgan fingerprint density at radius 1 is 0.875 bits per heavy atom. The van der Waals surface area contributed by atoms with E-state index < -0.39 is 0 Å². The lowest BCUT2D eigenvalue weighted by molar-refractivity contribution is 0.589. The van der Waals surface area contributed by atoms with Crippen LogP contribution >= 0.6 is 43.5 Å². The molecule has 0 aromatic heterocycles. The zero-order valence-corrected chi connectivity index (χ0v) is 19.1. The molecular formula is C21H27Br2Cl. The SMILES string of the molecule is CC(C)(C)c1ccc(CCl)c(Br)c1.CC(C)(CBr)c1ccccc1. The van der Waals surface area contributed by atoms with Crippen LogP contribution in [0.4, 0.5) is 0 Å². The van der Waals surface area contributed by atoms with Gasteiger partial charge in [0.25, 0.3) is 0 Å². The van der Waals surface area contributed by atoms with Gasteiger partial charge >= 0.3 is 0 Å². The summed E-state index contributed by atoms with van der Waals surface area (Å²) in [5, 5.41) is 1.00. The number of alkyl halides is 2. The van der Waals surface area contributed by atoms with Crippen molar-refractivity contribution in [1.82, 2.24) is 0 Å². The maximum absolute atomic E-state index is 5.77. The van der Waals surface area contributed by atoms with E-state index in [-0.39, 0.29) is 10.8 Å². The van der Waals surface area contributed by atoms with Crippen LogP contribution in [0.3, 0.4) is 0 Å². The summed E-state index contributed by atoms with van der Waals surface area (Å²) in [6.45, 7) is 11.1. The fourth-order valence-corrected chi connectivity index (χ4v) is 3.33. The van der Waals surface area contributed by atoms with E-state index in [4.69, 9.17) is 11.6 Å². The van der Waals surface area contributed by atoms with Gasteiger partial charge < -0.3 is 0 Å². The average Bonchev–Trinajstić information content (AvgIpc) is 2.55. The minimum atomic E-state index is 0.202. The molecule has 0 heterocycles. The zero-order chi connectivity index (χ0) is 18.4. The number of halogens is 3. The van der Waals surface area contributed by atoms with Gasteiger partial charge in [-0.2, -0.15) is 0 Å². The first-order valence-corrected chi connectivity index (χ1v) is 10.5. The number of hydrogen-bond acceptors (Lipinski definition) is 0. The molecule has 0 amide bonds. The molecular weight excluding hydrogens is 447 g/mol. The molecule has 3 heteroatoms. The lowest BCUT2D eigenvalue weighted by Gasteiger charge is -2.21. The van der Waals surface area contributed by atoms with Gasteiger partial charge in [0, 0.05) is 15.7 Å². The minimum Gasteiger partial charge on any atom is -0.122 e. The van der Waals surface area contributed by atoms with Gasteiger partial charge in [-0.15, -0.1) is 11.6 Å². The lowest BCUT2D eigenvalue weighted by atomic mass is 9.87. The molecule has 0 aliphatic heterocycles. The summed E-state index contributed by atoms with van der Waals surface area (Å²) in [4.78, 5) is 0. The molecule has 0 aliphatic carbocycles. The van der Waals surface area contributed by atoms with Gasteiger partial charge in [0.15, 0.2) is 0 Å². The van der Waals surface area contributed by atoms with Crippen molar-refractivity contribution >= 4 is 43.5 Å². The van der Waals surface area contributed by atoms with E-state index in [1.807, 2.05) is 6.07 Å². The number of hydrogen-bond donors (Lipinski definition) is 0. The van der Waals surface area contributed by atoms with E-state index in [2.05, 4.69) is 109 Å². The summed E-state index contributed by atoms with van der Waals surface area (Å²) < 4.78 is 1.11. The summed E-state index contributed by atoms with van der Waals surface area (Å²) in [5.74, 6) is 0.561. The Balaban J connectivity index is 0.000000243. The molecule has 0 atom stereocenters. The Morgan fingerprint density at radius 2 is 1.46 bits per heavy atom. The van der Waals surface area contributed by atoms with Crippen molar-refractivity contribution < 1.29 is 0 Å². The van der Waals surface area contributed by atoms with Crippen LogP contribution in [0.15, 0.2) is 53.0 Å². The predicted octanol–water partition coefficient (Wildman–Crippen LogP) is 7.84. The Labute approximate surface area is 169 Å². The molecule has 132 valence electrons. The van der Waals surface area contributed by atoms with Gasteiger partial charge in [0.05, 0.1) is 0 Å². The van der Waals surface area contributed by atoms with Crippen molar-refractivity contribution in [1.29, 1.82) is 0 Å². The fourth-order valence-electron chi connectivity index (χ4n) is 2.09. The molecule has 2 aromatic carbocycles. The first-order valence-electron chi connectivity index (χ1n) is 8.08. The van der Waals surface area contributed by atoms with Gasteiger partial charge in [-0.05, 0) is 33.6 Å². The first-order chi connectivity index (χ1) is 11.1. The molecule has 0 N–H and O–H groups in total. The van der Waals surface area contributed by atoms with Crippen LogP contribution in [0.5, 0.6) is 0 Å². The topological polar surface area (TPSA) is 0 Å². The smallest absolute Gasteiger partial charge is 0.0485 e. The van der Waals surface area contributed by atoms with Crippen LogP contribution in [0.1, 0.15) is 51.3 Å². The van der Waals surface area contributed by atoms with Crippen LogP contribution in [-0.4, -0.2) is 5.33 Å². The van der Waals surface area contributed by atoms with Crippen LogP contribution in [-0.2, 0) is 16.7 Å². The summed E-state index contributed by atoms with van der Waals surface area (Å²) in [5.41, 5.74) is 4.31.